The fraction of sp³-hybridized carbons (Fsp3) is 0.857. The largest absolute Gasteiger partial charge is 0.481 e. The summed E-state index contributed by atoms with van der Waals surface area (Å²) >= 11 is 0. The minimum atomic E-state index is -0.850. The molecule has 0 aliphatic heterocycles. The zero-order valence-electron chi connectivity index (χ0n) is 12.2. The molecule has 1 atom stereocenters. The van der Waals surface area contributed by atoms with E-state index in [-0.39, 0.29) is 24.7 Å². The monoisotopic (exact) mass is 257 g/mol. The van der Waals surface area contributed by atoms with E-state index >= 15 is 0 Å². The molecule has 0 heterocycles. The van der Waals surface area contributed by atoms with Gasteiger partial charge >= 0.3 is 5.97 Å². The Morgan fingerprint density at radius 2 is 1.50 bits per heavy atom. The molecule has 0 bridgehead atoms. The smallest absolute Gasteiger partial charge is 0.303 e. The number of amides is 1. The third-order valence-corrected chi connectivity index (χ3v) is 3.30. The lowest BCUT2D eigenvalue weighted by Gasteiger charge is -2.25. The number of nitrogens with one attached hydrogen (secondary N) is 1. The summed E-state index contributed by atoms with van der Waals surface area (Å²) in [7, 11) is 0. The van der Waals surface area contributed by atoms with E-state index in [1.807, 2.05) is 0 Å². The van der Waals surface area contributed by atoms with Crippen molar-refractivity contribution in [1.29, 1.82) is 0 Å². The Kier molecular flexibility index (Phi) is 7.64. The van der Waals surface area contributed by atoms with Crippen molar-refractivity contribution >= 4 is 11.9 Å². The summed E-state index contributed by atoms with van der Waals surface area (Å²) in [6.07, 6.45) is 0.334. The summed E-state index contributed by atoms with van der Waals surface area (Å²) < 4.78 is 0. The zero-order valence-corrected chi connectivity index (χ0v) is 12.2. The first-order valence-corrected chi connectivity index (χ1v) is 6.72. The first-order valence-electron chi connectivity index (χ1n) is 6.72. The lowest BCUT2D eigenvalue weighted by molar-refractivity contribution is -0.138. The highest BCUT2D eigenvalue weighted by molar-refractivity contribution is 5.77. The number of hydrogen-bond acceptors (Lipinski definition) is 2. The minimum Gasteiger partial charge on any atom is -0.481 e. The van der Waals surface area contributed by atoms with Crippen molar-refractivity contribution in [3.8, 4) is 0 Å². The summed E-state index contributed by atoms with van der Waals surface area (Å²) in [5.41, 5.74) is 0. The summed E-state index contributed by atoms with van der Waals surface area (Å²) in [5, 5.41) is 11.5. The van der Waals surface area contributed by atoms with Gasteiger partial charge in [-0.05, 0) is 23.7 Å². The van der Waals surface area contributed by atoms with Crippen molar-refractivity contribution < 1.29 is 14.7 Å². The lowest BCUT2D eigenvalue weighted by atomic mass is 9.85. The summed E-state index contributed by atoms with van der Waals surface area (Å²) in [5.74, 6) is 0.513. The number of carbonyl (C=O) groups is 2. The van der Waals surface area contributed by atoms with E-state index in [0.29, 0.717) is 24.3 Å². The highest BCUT2D eigenvalue weighted by Gasteiger charge is 2.19. The predicted octanol–water partition coefficient (Wildman–Crippen LogP) is 2.53. The first kappa shape index (κ1) is 16.9. The van der Waals surface area contributed by atoms with Crippen molar-refractivity contribution in [1.82, 2.24) is 5.32 Å². The molecule has 1 unspecified atom stereocenters. The minimum absolute atomic E-state index is 0.0462. The third-order valence-electron chi connectivity index (χ3n) is 3.30. The molecule has 18 heavy (non-hydrogen) atoms. The van der Waals surface area contributed by atoms with Crippen LogP contribution in [-0.2, 0) is 9.59 Å². The van der Waals surface area contributed by atoms with Crippen molar-refractivity contribution in [3.63, 3.8) is 0 Å². The van der Waals surface area contributed by atoms with Crippen LogP contribution in [0.5, 0.6) is 0 Å². The van der Waals surface area contributed by atoms with E-state index in [9.17, 15) is 9.59 Å². The van der Waals surface area contributed by atoms with Gasteiger partial charge in [-0.3, -0.25) is 9.59 Å². The fourth-order valence-electron chi connectivity index (χ4n) is 2.23. The first-order chi connectivity index (χ1) is 8.23. The maximum atomic E-state index is 11.7. The number of carboxylic acids is 1. The molecule has 0 aromatic rings. The van der Waals surface area contributed by atoms with Gasteiger partial charge in [0.05, 0.1) is 0 Å². The Labute approximate surface area is 110 Å². The van der Waals surface area contributed by atoms with Gasteiger partial charge in [0.15, 0.2) is 0 Å². The van der Waals surface area contributed by atoms with Gasteiger partial charge in [-0.25, -0.2) is 0 Å². The van der Waals surface area contributed by atoms with Gasteiger partial charge in [-0.15, -0.1) is 0 Å². The molecular weight excluding hydrogens is 230 g/mol. The van der Waals surface area contributed by atoms with Crippen molar-refractivity contribution in [2.45, 2.75) is 47.5 Å². The van der Waals surface area contributed by atoms with Gasteiger partial charge in [-0.2, -0.15) is 0 Å². The number of carboxylic acid groups (broad SMARTS) is 1. The topological polar surface area (TPSA) is 66.4 Å². The summed E-state index contributed by atoms with van der Waals surface area (Å²) in [6, 6.07) is 0. The predicted molar refractivity (Wildman–Crippen MR) is 72.2 cm³/mol. The van der Waals surface area contributed by atoms with Crippen LogP contribution in [0.25, 0.3) is 0 Å². The quantitative estimate of drug-likeness (QED) is 0.702. The molecule has 1 amide bonds. The van der Waals surface area contributed by atoms with E-state index in [1.165, 1.54) is 0 Å². The Morgan fingerprint density at radius 1 is 1.00 bits per heavy atom. The second-order valence-corrected chi connectivity index (χ2v) is 5.86. The molecule has 0 fully saturated rings. The van der Waals surface area contributed by atoms with Gasteiger partial charge in [0, 0.05) is 19.4 Å². The Balaban J connectivity index is 4.05. The molecule has 0 radical (unpaired) electrons. The molecule has 0 aliphatic rings. The number of rotatable bonds is 8. The fourth-order valence-corrected chi connectivity index (χ4v) is 2.23. The Bertz CT molecular complexity index is 266. The van der Waals surface area contributed by atoms with Crippen LogP contribution in [0.15, 0.2) is 0 Å². The molecule has 2 N–H and O–H groups in total. The summed E-state index contributed by atoms with van der Waals surface area (Å²) in [6.45, 7) is 11.1. The van der Waals surface area contributed by atoms with E-state index in [1.54, 1.807) is 6.92 Å². The van der Waals surface area contributed by atoms with Crippen LogP contribution in [-0.4, -0.2) is 23.5 Å². The third kappa shape index (κ3) is 7.30. The lowest BCUT2D eigenvalue weighted by Crippen LogP contribution is -2.34. The molecular formula is C14H27NO3. The Hall–Kier alpha value is -1.06. The van der Waals surface area contributed by atoms with Crippen LogP contribution in [0.2, 0.25) is 0 Å². The maximum Gasteiger partial charge on any atom is 0.303 e. The number of aliphatic carboxylic acids is 1. The molecule has 4 nitrogen and oxygen atoms in total. The van der Waals surface area contributed by atoms with E-state index in [0.717, 1.165) is 0 Å². The molecule has 0 aromatic heterocycles. The van der Waals surface area contributed by atoms with Gasteiger partial charge in [0.25, 0.3) is 0 Å². The second-order valence-electron chi connectivity index (χ2n) is 5.86. The molecule has 0 spiro atoms. The standard InChI is InChI=1S/C14H27NO3/c1-9(2)12(10(3)4)8-15-13(16)6-11(5)7-14(17)18/h9-12H,6-8H2,1-5H3,(H,15,16)(H,17,18). The SMILES string of the molecule is CC(CC(=O)O)CC(=O)NCC(C(C)C)C(C)C. The second kappa shape index (κ2) is 8.11. The van der Waals surface area contributed by atoms with E-state index in [4.69, 9.17) is 5.11 Å². The average molecular weight is 257 g/mol. The van der Waals surface area contributed by atoms with Crippen LogP contribution in [0.4, 0.5) is 0 Å². The molecule has 0 saturated heterocycles. The van der Waals surface area contributed by atoms with E-state index in [2.05, 4.69) is 33.0 Å². The number of hydrogen-bond donors (Lipinski definition) is 2. The normalized spacial score (nSPS) is 13.1. The van der Waals surface area contributed by atoms with Crippen LogP contribution >= 0.6 is 0 Å². The Morgan fingerprint density at radius 3 is 1.89 bits per heavy atom. The average Bonchev–Trinajstić information content (AvgIpc) is 2.14. The number of carbonyl (C=O) groups excluding carboxylic acids is 1. The highest BCUT2D eigenvalue weighted by atomic mass is 16.4. The van der Waals surface area contributed by atoms with Crippen LogP contribution in [0.3, 0.4) is 0 Å². The molecule has 0 saturated carbocycles. The van der Waals surface area contributed by atoms with Crippen molar-refractivity contribution in [2.24, 2.45) is 23.7 Å². The molecule has 4 heteroatoms. The summed E-state index contributed by atoms with van der Waals surface area (Å²) in [4.78, 5) is 22.2. The maximum absolute atomic E-state index is 11.7. The zero-order chi connectivity index (χ0) is 14.3. The molecule has 0 rings (SSSR count). The van der Waals surface area contributed by atoms with Gasteiger partial charge < -0.3 is 10.4 Å². The van der Waals surface area contributed by atoms with Crippen LogP contribution < -0.4 is 5.32 Å². The van der Waals surface area contributed by atoms with E-state index < -0.39 is 5.97 Å². The molecule has 0 aliphatic carbocycles. The van der Waals surface area contributed by atoms with Crippen molar-refractivity contribution in [3.05, 3.63) is 0 Å². The highest BCUT2D eigenvalue weighted by Crippen LogP contribution is 2.19. The molecule has 106 valence electrons. The van der Waals surface area contributed by atoms with Gasteiger partial charge in [0.2, 0.25) is 5.91 Å². The van der Waals surface area contributed by atoms with Crippen LogP contribution in [0.1, 0.15) is 47.5 Å². The van der Waals surface area contributed by atoms with Crippen molar-refractivity contribution in [2.75, 3.05) is 6.54 Å². The molecule has 0 aromatic carbocycles. The van der Waals surface area contributed by atoms with Crippen LogP contribution in [0, 0.1) is 23.7 Å². The van der Waals surface area contributed by atoms with Gasteiger partial charge in [-0.1, -0.05) is 34.6 Å². The van der Waals surface area contributed by atoms with Gasteiger partial charge in [0.1, 0.15) is 0 Å².